The fraction of sp³-hybridized carbons (Fsp3) is 0.375. The molecule has 0 aliphatic carbocycles. The maximum Gasteiger partial charge on any atom is 0.338 e. The Labute approximate surface area is 134 Å². The lowest BCUT2D eigenvalue weighted by Crippen LogP contribution is -2.45. The second-order valence-corrected chi connectivity index (χ2v) is 6.10. The highest BCUT2D eigenvalue weighted by Gasteiger charge is 2.32. The number of rotatable bonds is 5. The molecule has 22 heavy (non-hydrogen) atoms. The number of thioether (sulfide) groups is 1. The first-order chi connectivity index (χ1) is 10.5. The van der Waals surface area contributed by atoms with Crippen LogP contribution >= 0.6 is 11.8 Å². The van der Waals surface area contributed by atoms with Crippen molar-refractivity contribution in [2.75, 3.05) is 18.6 Å². The molecule has 2 N–H and O–H groups in total. The monoisotopic (exact) mass is 320 g/mol. The number of hydrogen-bond donors (Lipinski definition) is 2. The lowest BCUT2D eigenvalue weighted by molar-refractivity contribution is -0.138. The maximum atomic E-state index is 12.4. The van der Waals surface area contributed by atoms with Crippen LogP contribution in [-0.2, 0) is 9.53 Å². The lowest BCUT2D eigenvalue weighted by Gasteiger charge is -2.28. The molecule has 2 amide bonds. The van der Waals surface area contributed by atoms with E-state index in [0.717, 1.165) is 16.9 Å². The predicted octanol–water partition coefficient (Wildman–Crippen LogP) is 2.53. The summed E-state index contributed by atoms with van der Waals surface area (Å²) in [4.78, 5) is 24.1. The van der Waals surface area contributed by atoms with Crippen molar-refractivity contribution >= 4 is 23.8 Å². The van der Waals surface area contributed by atoms with Gasteiger partial charge in [0.1, 0.15) is 6.61 Å². The minimum Gasteiger partial charge on any atom is -0.461 e. The fourth-order valence-corrected chi connectivity index (χ4v) is 2.52. The number of carbonyl (C=O) groups excluding carboxylic acids is 2. The number of amides is 2. The van der Waals surface area contributed by atoms with Gasteiger partial charge in [0.05, 0.1) is 11.6 Å². The largest absolute Gasteiger partial charge is 0.461 e. The molecule has 1 aromatic carbocycles. The Kier molecular flexibility index (Phi) is 5.49. The Morgan fingerprint density at radius 3 is 2.59 bits per heavy atom. The van der Waals surface area contributed by atoms with E-state index >= 15 is 0 Å². The highest BCUT2D eigenvalue weighted by molar-refractivity contribution is 7.98. The summed E-state index contributed by atoms with van der Waals surface area (Å²) in [7, 11) is 0. The number of carbonyl (C=O) groups is 2. The van der Waals surface area contributed by atoms with Crippen LogP contribution in [0.1, 0.15) is 24.1 Å². The van der Waals surface area contributed by atoms with Gasteiger partial charge < -0.3 is 15.4 Å². The molecule has 118 valence electrons. The van der Waals surface area contributed by atoms with E-state index < -0.39 is 12.0 Å². The Morgan fingerprint density at radius 2 is 1.95 bits per heavy atom. The van der Waals surface area contributed by atoms with Crippen LogP contribution in [0.2, 0.25) is 0 Å². The topological polar surface area (TPSA) is 67.4 Å². The normalized spacial score (nSPS) is 17.8. The smallest absolute Gasteiger partial charge is 0.338 e. The van der Waals surface area contributed by atoms with Crippen molar-refractivity contribution in [2.45, 2.75) is 19.9 Å². The number of allylic oxidation sites excluding steroid dienone is 1. The van der Waals surface area contributed by atoms with E-state index in [1.807, 2.05) is 37.4 Å². The van der Waals surface area contributed by atoms with Gasteiger partial charge in [0.15, 0.2) is 0 Å². The van der Waals surface area contributed by atoms with Gasteiger partial charge in [-0.25, -0.2) is 9.59 Å². The molecule has 0 fully saturated rings. The number of ether oxygens (including phenoxy) is 1. The fourth-order valence-electron chi connectivity index (χ4n) is 2.27. The average molecular weight is 320 g/mol. The van der Waals surface area contributed by atoms with Crippen LogP contribution < -0.4 is 10.6 Å². The van der Waals surface area contributed by atoms with Crippen molar-refractivity contribution < 1.29 is 14.3 Å². The number of hydrogen-bond acceptors (Lipinski definition) is 4. The molecule has 1 aromatic rings. The molecule has 1 aliphatic heterocycles. The van der Waals surface area contributed by atoms with Gasteiger partial charge in [-0.1, -0.05) is 29.8 Å². The van der Waals surface area contributed by atoms with E-state index in [2.05, 4.69) is 10.6 Å². The van der Waals surface area contributed by atoms with Gasteiger partial charge in [0.25, 0.3) is 0 Å². The SMILES string of the molecule is CSCCOC(=O)C1=C(C)NC(=O)N[C@H]1c1ccc(C)cc1. The van der Waals surface area contributed by atoms with Gasteiger partial charge in [-0.3, -0.25) is 0 Å². The summed E-state index contributed by atoms with van der Waals surface area (Å²) in [5.74, 6) is 0.345. The van der Waals surface area contributed by atoms with Crippen LogP contribution in [0.5, 0.6) is 0 Å². The van der Waals surface area contributed by atoms with Gasteiger partial charge in [0, 0.05) is 11.4 Å². The third-order valence-corrected chi connectivity index (χ3v) is 4.00. The van der Waals surface area contributed by atoms with Crippen LogP contribution in [0.25, 0.3) is 0 Å². The zero-order valence-corrected chi connectivity index (χ0v) is 13.8. The zero-order chi connectivity index (χ0) is 16.1. The summed E-state index contributed by atoms with van der Waals surface area (Å²) in [5.41, 5.74) is 2.96. The van der Waals surface area contributed by atoms with Crippen LogP contribution in [0.3, 0.4) is 0 Å². The number of nitrogens with one attached hydrogen (secondary N) is 2. The summed E-state index contributed by atoms with van der Waals surface area (Å²) in [6.07, 6.45) is 1.95. The maximum absolute atomic E-state index is 12.4. The number of esters is 1. The molecule has 5 nitrogen and oxygen atoms in total. The van der Waals surface area contributed by atoms with E-state index in [9.17, 15) is 9.59 Å². The molecular weight excluding hydrogens is 300 g/mol. The molecule has 0 spiro atoms. The summed E-state index contributed by atoms with van der Waals surface area (Å²) in [6.45, 7) is 4.06. The molecule has 1 heterocycles. The quantitative estimate of drug-likeness (QED) is 0.646. The van der Waals surface area contributed by atoms with Crippen molar-refractivity contribution in [3.8, 4) is 0 Å². The van der Waals surface area contributed by atoms with Crippen LogP contribution in [0.15, 0.2) is 35.5 Å². The lowest BCUT2D eigenvalue weighted by atomic mass is 9.95. The molecule has 0 unspecified atom stereocenters. The van der Waals surface area contributed by atoms with Gasteiger partial charge in [-0.05, 0) is 25.7 Å². The van der Waals surface area contributed by atoms with Crippen molar-refractivity contribution in [3.05, 3.63) is 46.7 Å². The Morgan fingerprint density at radius 1 is 1.27 bits per heavy atom. The van der Waals surface area contributed by atoms with E-state index in [-0.39, 0.29) is 6.03 Å². The van der Waals surface area contributed by atoms with Gasteiger partial charge in [-0.2, -0.15) is 11.8 Å². The van der Waals surface area contributed by atoms with Crippen molar-refractivity contribution in [3.63, 3.8) is 0 Å². The van der Waals surface area contributed by atoms with Gasteiger partial charge in [0.2, 0.25) is 0 Å². The van der Waals surface area contributed by atoms with Gasteiger partial charge >= 0.3 is 12.0 Å². The second kappa shape index (κ2) is 7.35. The first kappa shape index (κ1) is 16.4. The second-order valence-electron chi connectivity index (χ2n) is 5.11. The third kappa shape index (κ3) is 3.82. The van der Waals surface area contributed by atoms with E-state index in [4.69, 9.17) is 4.74 Å². The zero-order valence-electron chi connectivity index (χ0n) is 12.9. The standard InChI is InChI=1S/C16H20N2O3S/c1-10-4-6-12(7-5-10)14-13(11(2)17-16(20)18-14)15(19)21-8-9-22-3/h4-7,14H,8-9H2,1-3H3,(H2,17,18,20)/t14-/m0/s1. The summed E-state index contributed by atoms with van der Waals surface area (Å²) < 4.78 is 5.29. The Bertz CT molecular complexity index is 596. The molecule has 0 aromatic heterocycles. The van der Waals surface area contributed by atoms with E-state index in [1.54, 1.807) is 18.7 Å². The molecule has 1 aliphatic rings. The minimum absolute atomic E-state index is 0.316. The average Bonchev–Trinajstić information content (AvgIpc) is 2.47. The van der Waals surface area contributed by atoms with E-state index in [0.29, 0.717) is 17.9 Å². The van der Waals surface area contributed by atoms with Crippen molar-refractivity contribution in [1.82, 2.24) is 10.6 Å². The van der Waals surface area contributed by atoms with Crippen LogP contribution in [0, 0.1) is 6.92 Å². The summed E-state index contributed by atoms with van der Waals surface area (Å²) in [6, 6.07) is 6.92. The highest BCUT2D eigenvalue weighted by atomic mass is 32.2. The third-order valence-electron chi connectivity index (χ3n) is 3.42. The van der Waals surface area contributed by atoms with Crippen LogP contribution in [0.4, 0.5) is 4.79 Å². The first-order valence-corrected chi connectivity index (χ1v) is 8.43. The molecule has 2 rings (SSSR count). The molecule has 0 saturated heterocycles. The van der Waals surface area contributed by atoms with E-state index in [1.165, 1.54) is 0 Å². The first-order valence-electron chi connectivity index (χ1n) is 7.04. The Balaban J connectivity index is 2.28. The number of aryl methyl sites for hydroxylation is 1. The van der Waals surface area contributed by atoms with Gasteiger partial charge in [-0.15, -0.1) is 0 Å². The van der Waals surface area contributed by atoms with Crippen LogP contribution in [-0.4, -0.2) is 30.6 Å². The minimum atomic E-state index is -0.490. The molecule has 0 saturated carbocycles. The van der Waals surface area contributed by atoms with Crippen molar-refractivity contribution in [2.24, 2.45) is 0 Å². The predicted molar refractivity (Wildman–Crippen MR) is 87.6 cm³/mol. The number of urea groups is 1. The molecule has 0 bridgehead atoms. The molecule has 0 radical (unpaired) electrons. The van der Waals surface area contributed by atoms with Crippen molar-refractivity contribution in [1.29, 1.82) is 0 Å². The molecule has 6 heteroatoms. The summed E-state index contributed by atoms with van der Waals surface area (Å²) in [5, 5.41) is 5.43. The highest BCUT2D eigenvalue weighted by Crippen LogP contribution is 2.27. The Hall–Kier alpha value is -1.95. The molecular formula is C16H20N2O3S. The molecule has 1 atom stereocenters. The number of benzene rings is 1. The summed E-state index contributed by atoms with van der Waals surface area (Å²) >= 11 is 1.61.